The van der Waals surface area contributed by atoms with Crippen molar-refractivity contribution >= 4 is 46.6 Å². The van der Waals surface area contributed by atoms with Crippen molar-refractivity contribution in [2.45, 2.75) is 13.8 Å². The van der Waals surface area contributed by atoms with Gasteiger partial charge in [0.15, 0.2) is 11.5 Å². The molecule has 9 heteroatoms. The molecule has 1 saturated heterocycles. The Kier molecular flexibility index (Phi) is 8.21. The number of nitrogens with zero attached hydrogens (tertiary/aromatic N) is 1. The molecule has 190 valence electrons. The summed E-state index contributed by atoms with van der Waals surface area (Å²) >= 11 is 6.73. The highest BCUT2D eigenvalue weighted by Gasteiger charge is 2.34. The van der Waals surface area contributed by atoms with Gasteiger partial charge < -0.3 is 14.2 Å². The van der Waals surface area contributed by atoms with Gasteiger partial charge in [0.05, 0.1) is 24.1 Å². The lowest BCUT2D eigenvalue weighted by Crippen LogP contribution is -2.32. The van der Waals surface area contributed by atoms with E-state index in [0.717, 1.165) is 28.6 Å². The average molecular weight is 538 g/mol. The number of imide groups is 1. The molecular formula is C28H24ClNO6S. The molecule has 1 fully saturated rings. The molecule has 2 amide bonds. The fourth-order valence-corrected chi connectivity index (χ4v) is 4.55. The molecule has 0 atom stereocenters. The van der Waals surface area contributed by atoms with Gasteiger partial charge in [-0.15, -0.1) is 0 Å². The van der Waals surface area contributed by atoms with E-state index in [2.05, 4.69) is 0 Å². The number of aryl methyl sites for hydroxylation is 2. The maximum Gasteiger partial charge on any atom is 0.343 e. The minimum atomic E-state index is -0.563. The Morgan fingerprint density at radius 2 is 1.73 bits per heavy atom. The first kappa shape index (κ1) is 26.3. The van der Waals surface area contributed by atoms with Crippen LogP contribution in [0.1, 0.15) is 27.0 Å². The van der Waals surface area contributed by atoms with Crippen LogP contribution in [0.5, 0.6) is 17.2 Å². The summed E-state index contributed by atoms with van der Waals surface area (Å²) < 4.78 is 16.6. The molecule has 4 rings (SSSR count). The Labute approximate surface area is 224 Å². The Morgan fingerprint density at radius 1 is 0.973 bits per heavy atom. The molecule has 0 aliphatic carbocycles. The lowest BCUT2D eigenvalue weighted by atomic mass is 10.1. The number of carbonyl (C=O) groups is 3. The number of carbonyl (C=O) groups excluding carboxylic acids is 3. The van der Waals surface area contributed by atoms with Crippen molar-refractivity contribution in [3.05, 3.63) is 92.8 Å². The van der Waals surface area contributed by atoms with Crippen molar-refractivity contribution in [3.63, 3.8) is 0 Å². The van der Waals surface area contributed by atoms with Gasteiger partial charge >= 0.3 is 5.97 Å². The number of methoxy groups -OCH3 is 1. The van der Waals surface area contributed by atoms with Crippen LogP contribution in [0, 0.1) is 13.8 Å². The van der Waals surface area contributed by atoms with Crippen LogP contribution >= 0.6 is 23.4 Å². The Hall–Kier alpha value is -3.75. The van der Waals surface area contributed by atoms with Gasteiger partial charge in [-0.2, -0.15) is 0 Å². The van der Waals surface area contributed by atoms with E-state index in [1.807, 2.05) is 32.0 Å². The van der Waals surface area contributed by atoms with Gasteiger partial charge in [-0.25, -0.2) is 4.79 Å². The second kappa shape index (κ2) is 11.5. The number of esters is 1. The predicted molar refractivity (Wildman–Crippen MR) is 143 cm³/mol. The standard InChI is InChI=1S/C28H24ClNO6S/c1-17-4-5-18(2)23(14-17)35-13-12-30-26(31)25(37-28(30)33)16-19-6-11-22(24(15-19)34-3)36-27(32)20-7-9-21(29)10-8-20/h4-11,14-16H,12-13H2,1-3H3/b25-16-. The largest absolute Gasteiger partial charge is 0.493 e. The number of rotatable bonds is 8. The Morgan fingerprint density at radius 3 is 2.46 bits per heavy atom. The zero-order valence-corrected chi connectivity index (χ0v) is 22.0. The Balaban J connectivity index is 1.42. The van der Waals surface area contributed by atoms with E-state index in [4.69, 9.17) is 25.8 Å². The van der Waals surface area contributed by atoms with E-state index in [9.17, 15) is 14.4 Å². The summed E-state index contributed by atoms with van der Waals surface area (Å²) in [6.45, 7) is 4.24. The molecule has 0 bridgehead atoms. The van der Waals surface area contributed by atoms with Crippen LogP contribution in [-0.4, -0.2) is 42.3 Å². The minimum absolute atomic E-state index is 0.137. The molecule has 1 aliphatic heterocycles. The quantitative estimate of drug-likeness (QED) is 0.189. The fraction of sp³-hybridized carbons (Fsp3) is 0.179. The van der Waals surface area contributed by atoms with E-state index in [1.165, 1.54) is 12.0 Å². The first-order valence-corrected chi connectivity index (χ1v) is 12.6. The van der Waals surface area contributed by atoms with Gasteiger partial charge in [-0.1, -0.05) is 29.8 Å². The van der Waals surface area contributed by atoms with Crippen LogP contribution in [0.2, 0.25) is 5.02 Å². The third-order valence-electron chi connectivity index (χ3n) is 5.56. The van der Waals surface area contributed by atoms with Crippen LogP contribution in [-0.2, 0) is 4.79 Å². The number of amides is 2. The molecule has 0 aromatic heterocycles. The zero-order chi connectivity index (χ0) is 26.5. The second-order valence-corrected chi connectivity index (χ2v) is 9.69. The summed E-state index contributed by atoms with van der Waals surface area (Å²) in [4.78, 5) is 39.3. The molecule has 37 heavy (non-hydrogen) atoms. The van der Waals surface area contributed by atoms with Crippen LogP contribution in [0.15, 0.2) is 65.6 Å². The number of benzene rings is 3. The molecule has 0 N–H and O–H groups in total. The highest BCUT2D eigenvalue weighted by atomic mass is 35.5. The number of ether oxygens (including phenoxy) is 3. The molecule has 1 heterocycles. The van der Waals surface area contributed by atoms with Crippen molar-refractivity contribution in [1.82, 2.24) is 4.90 Å². The maximum absolute atomic E-state index is 12.9. The normalized spacial score (nSPS) is 14.3. The van der Waals surface area contributed by atoms with Crippen molar-refractivity contribution in [2.75, 3.05) is 20.3 Å². The van der Waals surface area contributed by atoms with Crippen molar-refractivity contribution < 1.29 is 28.6 Å². The van der Waals surface area contributed by atoms with Crippen molar-refractivity contribution in [2.24, 2.45) is 0 Å². The number of hydrogen-bond donors (Lipinski definition) is 0. The smallest absolute Gasteiger partial charge is 0.343 e. The molecule has 0 radical (unpaired) electrons. The van der Waals surface area contributed by atoms with E-state index >= 15 is 0 Å². The topological polar surface area (TPSA) is 82.1 Å². The lowest BCUT2D eigenvalue weighted by Gasteiger charge is -2.14. The molecule has 3 aromatic rings. The van der Waals surface area contributed by atoms with E-state index in [-0.39, 0.29) is 29.0 Å². The Bertz CT molecular complexity index is 1390. The molecule has 0 spiro atoms. The van der Waals surface area contributed by atoms with Gasteiger partial charge in [-0.3, -0.25) is 14.5 Å². The monoisotopic (exact) mass is 537 g/mol. The van der Waals surface area contributed by atoms with Gasteiger partial charge in [0.25, 0.3) is 11.1 Å². The zero-order valence-electron chi connectivity index (χ0n) is 20.4. The summed E-state index contributed by atoms with van der Waals surface area (Å²) in [5.41, 5.74) is 3.00. The molecule has 7 nitrogen and oxygen atoms in total. The fourth-order valence-electron chi connectivity index (χ4n) is 3.56. The van der Waals surface area contributed by atoms with Crippen LogP contribution in [0.3, 0.4) is 0 Å². The van der Waals surface area contributed by atoms with E-state index < -0.39 is 11.9 Å². The molecule has 0 unspecified atom stereocenters. The molecule has 3 aromatic carbocycles. The number of thioether (sulfide) groups is 1. The average Bonchev–Trinajstić information content (AvgIpc) is 3.14. The van der Waals surface area contributed by atoms with Crippen molar-refractivity contribution in [3.8, 4) is 17.2 Å². The van der Waals surface area contributed by atoms with Gasteiger partial charge in [0, 0.05) is 5.02 Å². The molecular weight excluding hydrogens is 514 g/mol. The first-order chi connectivity index (χ1) is 17.7. The SMILES string of the molecule is COc1cc(/C=C2\SC(=O)N(CCOc3cc(C)ccc3C)C2=O)ccc1OC(=O)c1ccc(Cl)cc1. The third-order valence-corrected chi connectivity index (χ3v) is 6.72. The summed E-state index contributed by atoms with van der Waals surface area (Å²) in [6, 6.07) is 17.1. The van der Waals surface area contributed by atoms with Crippen molar-refractivity contribution in [1.29, 1.82) is 0 Å². The second-order valence-electron chi connectivity index (χ2n) is 8.26. The molecule has 1 aliphatic rings. The molecule has 0 saturated carbocycles. The highest BCUT2D eigenvalue weighted by molar-refractivity contribution is 8.18. The number of halogens is 1. The summed E-state index contributed by atoms with van der Waals surface area (Å²) in [5, 5.41) is 0.151. The minimum Gasteiger partial charge on any atom is -0.493 e. The van der Waals surface area contributed by atoms with Gasteiger partial charge in [-0.05, 0) is 90.8 Å². The summed E-state index contributed by atoms with van der Waals surface area (Å²) in [5.74, 6) is 0.295. The van der Waals surface area contributed by atoms with E-state index in [0.29, 0.717) is 21.9 Å². The predicted octanol–water partition coefficient (Wildman–Crippen LogP) is 6.30. The van der Waals surface area contributed by atoms with Gasteiger partial charge in [0.1, 0.15) is 12.4 Å². The maximum atomic E-state index is 12.9. The lowest BCUT2D eigenvalue weighted by molar-refractivity contribution is -0.123. The summed E-state index contributed by atoms with van der Waals surface area (Å²) in [6.07, 6.45) is 1.60. The highest BCUT2D eigenvalue weighted by Crippen LogP contribution is 2.35. The van der Waals surface area contributed by atoms with Crippen LogP contribution in [0.25, 0.3) is 6.08 Å². The third kappa shape index (κ3) is 6.34. The first-order valence-electron chi connectivity index (χ1n) is 11.4. The number of hydrogen-bond acceptors (Lipinski definition) is 7. The van der Waals surface area contributed by atoms with E-state index in [1.54, 1.807) is 48.5 Å². The van der Waals surface area contributed by atoms with Crippen LogP contribution in [0.4, 0.5) is 4.79 Å². The van der Waals surface area contributed by atoms with Gasteiger partial charge in [0.2, 0.25) is 0 Å². The van der Waals surface area contributed by atoms with Crippen LogP contribution < -0.4 is 14.2 Å². The summed E-state index contributed by atoms with van der Waals surface area (Å²) in [7, 11) is 1.45.